The number of nitrogens with one attached hydrogen (secondary N) is 3. The smallest absolute Gasteiger partial charge is 0.302 e. The molecule has 1 heterocycles. The minimum absolute atomic E-state index is 0.141. The van der Waals surface area contributed by atoms with E-state index in [-0.39, 0.29) is 12.5 Å². The van der Waals surface area contributed by atoms with Gasteiger partial charge in [0.1, 0.15) is 0 Å². The summed E-state index contributed by atoms with van der Waals surface area (Å²) in [6.07, 6.45) is 1.43. The van der Waals surface area contributed by atoms with E-state index in [1.54, 1.807) is 16.9 Å². The molecule has 0 bridgehead atoms. The maximum Gasteiger partial charge on any atom is 0.302 e. The number of carbonyl (C=O) groups is 2. The molecule has 1 aromatic carbocycles. The zero-order chi connectivity index (χ0) is 17.7. The maximum atomic E-state index is 12.4. The summed E-state index contributed by atoms with van der Waals surface area (Å²) in [6.45, 7) is 2.77. The topological polar surface area (TPSA) is 117 Å². The van der Waals surface area contributed by atoms with E-state index in [0.717, 1.165) is 23.8 Å². The Morgan fingerprint density at radius 2 is 1.96 bits per heavy atom. The normalized spacial score (nSPS) is 11.1. The van der Waals surface area contributed by atoms with Crippen molar-refractivity contribution < 1.29 is 18.0 Å². The Morgan fingerprint density at radius 3 is 2.62 bits per heavy atom. The number of anilines is 1. The molecule has 10 heteroatoms. The zero-order valence-electron chi connectivity index (χ0n) is 13.0. The van der Waals surface area contributed by atoms with Crippen LogP contribution in [0.25, 0.3) is 0 Å². The quantitative estimate of drug-likeness (QED) is 0.496. The van der Waals surface area contributed by atoms with Gasteiger partial charge in [0.25, 0.3) is 0 Å². The van der Waals surface area contributed by atoms with Crippen LogP contribution in [0.5, 0.6) is 0 Å². The predicted octanol–water partition coefficient (Wildman–Crippen LogP) is 1.02. The van der Waals surface area contributed by atoms with E-state index < -0.39 is 16.1 Å². The van der Waals surface area contributed by atoms with Crippen molar-refractivity contribution in [1.82, 2.24) is 14.4 Å². The number of aryl methyl sites for hydroxylation is 1. The Hall–Kier alpha value is -2.30. The van der Waals surface area contributed by atoms with Gasteiger partial charge in [-0.05, 0) is 12.5 Å². The molecular weight excluding hydrogens is 352 g/mol. The van der Waals surface area contributed by atoms with Gasteiger partial charge in [0.15, 0.2) is 5.13 Å². The highest BCUT2D eigenvalue weighted by atomic mass is 32.2. The van der Waals surface area contributed by atoms with Crippen molar-refractivity contribution in [2.24, 2.45) is 0 Å². The van der Waals surface area contributed by atoms with E-state index in [1.165, 1.54) is 6.20 Å². The van der Waals surface area contributed by atoms with E-state index in [0.29, 0.717) is 15.6 Å². The van der Waals surface area contributed by atoms with Crippen LogP contribution in [0, 0.1) is 6.92 Å². The minimum atomic E-state index is -3.91. The van der Waals surface area contributed by atoms with Crippen molar-refractivity contribution in [3.63, 3.8) is 0 Å². The molecule has 8 nitrogen and oxygen atoms in total. The van der Waals surface area contributed by atoms with Gasteiger partial charge in [-0.1, -0.05) is 35.6 Å². The van der Waals surface area contributed by atoms with Crippen LogP contribution in [0.4, 0.5) is 5.13 Å². The molecule has 0 aliphatic carbocycles. The molecule has 0 radical (unpaired) electrons. The third-order valence-corrected chi connectivity index (χ3v) is 4.93. The van der Waals surface area contributed by atoms with Gasteiger partial charge < -0.3 is 5.32 Å². The molecule has 0 aliphatic rings. The summed E-state index contributed by atoms with van der Waals surface area (Å²) in [4.78, 5) is 27.6. The third-order valence-electron chi connectivity index (χ3n) is 2.90. The van der Waals surface area contributed by atoms with E-state index >= 15 is 0 Å². The van der Waals surface area contributed by atoms with Crippen LogP contribution in [-0.4, -0.2) is 31.8 Å². The lowest BCUT2D eigenvalue weighted by Crippen LogP contribution is -2.41. The van der Waals surface area contributed by atoms with Crippen LogP contribution in [0.2, 0.25) is 0 Å². The van der Waals surface area contributed by atoms with Gasteiger partial charge in [0.05, 0.1) is 17.7 Å². The lowest BCUT2D eigenvalue weighted by atomic mass is 10.0. The number of carbonyl (C=O) groups excluding carboxylic acids is 2. The summed E-state index contributed by atoms with van der Waals surface area (Å²) in [5.41, 5.74) is 1.47. The SMILES string of the molecule is CC(=O)NS(=O)(=O)NCNc1ncc(C(=O)c2ccccc2C)s1. The second kappa shape index (κ2) is 7.51. The number of aromatic nitrogens is 1. The number of thiazole rings is 1. The Morgan fingerprint density at radius 1 is 1.25 bits per heavy atom. The molecule has 2 aromatic rings. The predicted molar refractivity (Wildman–Crippen MR) is 91.1 cm³/mol. The standard InChI is InChI=1S/C14H16N4O4S2/c1-9-5-3-4-6-11(9)13(20)12-7-15-14(23-12)16-8-17-24(21,22)18-10(2)19/h3-7,17H,8H2,1-2H3,(H,15,16)(H,18,19). The average Bonchev–Trinajstić information content (AvgIpc) is 2.94. The number of hydrogen-bond donors (Lipinski definition) is 3. The van der Waals surface area contributed by atoms with Crippen molar-refractivity contribution in [2.75, 3.05) is 12.0 Å². The first kappa shape index (κ1) is 18.0. The average molecular weight is 368 g/mol. The minimum Gasteiger partial charge on any atom is -0.348 e. The fourth-order valence-electron chi connectivity index (χ4n) is 1.85. The number of amides is 1. The third kappa shape index (κ3) is 4.85. The lowest BCUT2D eigenvalue weighted by Gasteiger charge is -2.06. The Kier molecular flexibility index (Phi) is 5.65. The largest absolute Gasteiger partial charge is 0.348 e. The summed E-state index contributed by atoms with van der Waals surface area (Å²) in [7, 11) is -3.91. The molecule has 0 fully saturated rings. The van der Waals surface area contributed by atoms with E-state index in [9.17, 15) is 18.0 Å². The highest BCUT2D eigenvalue weighted by molar-refractivity contribution is 7.88. The molecule has 1 aromatic heterocycles. The number of hydrogen-bond acceptors (Lipinski definition) is 7. The van der Waals surface area contributed by atoms with Gasteiger partial charge in [0.2, 0.25) is 11.7 Å². The fraction of sp³-hybridized carbons (Fsp3) is 0.214. The highest BCUT2D eigenvalue weighted by Gasteiger charge is 2.15. The highest BCUT2D eigenvalue weighted by Crippen LogP contribution is 2.22. The van der Waals surface area contributed by atoms with Crippen LogP contribution in [0.3, 0.4) is 0 Å². The van der Waals surface area contributed by atoms with Gasteiger partial charge >= 0.3 is 10.2 Å². The van der Waals surface area contributed by atoms with Gasteiger partial charge in [0, 0.05) is 12.5 Å². The molecule has 24 heavy (non-hydrogen) atoms. The van der Waals surface area contributed by atoms with Crippen molar-refractivity contribution in [2.45, 2.75) is 13.8 Å². The number of ketones is 1. The Balaban J connectivity index is 1.98. The Labute approximate surface area is 143 Å². The summed E-state index contributed by atoms with van der Waals surface area (Å²) < 4.78 is 26.7. The van der Waals surface area contributed by atoms with E-state index in [2.05, 4.69) is 15.0 Å². The van der Waals surface area contributed by atoms with Crippen molar-refractivity contribution in [3.05, 3.63) is 46.5 Å². The van der Waals surface area contributed by atoms with Crippen molar-refractivity contribution >= 4 is 38.4 Å². The van der Waals surface area contributed by atoms with Gasteiger partial charge in [-0.2, -0.15) is 13.1 Å². The van der Waals surface area contributed by atoms with Crippen LogP contribution in [-0.2, 0) is 15.0 Å². The molecule has 128 valence electrons. The molecule has 3 N–H and O–H groups in total. The molecule has 1 amide bonds. The van der Waals surface area contributed by atoms with Gasteiger partial charge in [-0.15, -0.1) is 0 Å². The molecular formula is C14H16N4O4S2. The first-order valence-corrected chi connectivity index (χ1v) is 9.16. The molecule has 0 atom stereocenters. The maximum absolute atomic E-state index is 12.4. The van der Waals surface area contributed by atoms with E-state index in [4.69, 9.17) is 0 Å². The Bertz CT molecular complexity index is 861. The van der Waals surface area contributed by atoms with E-state index in [1.807, 2.05) is 19.1 Å². The number of nitrogens with zero attached hydrogens (tertiary/aromatic N) is 1. The summed E-state index contributed by atoms with van der Waals surface area (Å²) in [5.74, 6) is -0.833. The van der Waals surface area contributed by atoms with Crippen LogP contribution in [0.1, 0.15) is 27.7 Å². The van der Waals surface area contributed by atoms with Crippen molar-refractivity contribution in [1.29, 1.82) is 0 Å². The number of rotatable bonds is 7. The monoisotopic (exact) mass is 368 g/mol. The van der Waals surface area contributed by atoms with Crippen LogP contribution in [0.15, 0.2) is 30.5 Å². The fourth-order valence-corrected chi connectivity index (χ4v) is 3.33. The van der Waals surface area contributed by atoms with Gasteiger partial charge in [-0.25, -0.2) is 9.71 Å². The summed E-state index contributed by atoms with van der Waals surface area (Å²) >= 11 is 1.12. The zero-order valence-corrected chi connectivity index (χ0v) is 14.6. The van der Waals surface area contributed by atoms with Crippen molar-refractivity contribution in [3.8, 4) is 0 Å². The lowest BCUT2D eigenvalue weighted by molar-refractivity contribution is -0.117. The molecule has 0 aliphatic heterocycles. The van der Waals surface area contributed by atoms with Crippen LogP contribution < -0.4 is 14.8 Å². The summed E-state index contributed by atoms with van der Waals surface area (Å²) in [5, 5.41) is 3.12. The number of benzene rings is 1. The summed E-state index contributed by atoms with van der Waals surface area (Å²) in [6, 6.07) is 7.24. The first-order valence-electron chi connectivity index (χ1n) is 6.86. The second-order valence-electron chi connectivity index (χ2n) is 4.83. The van der Waals surface area contributed by atoms with Crippen LogP contribution >= 0.6 is 11.3 Å². The first-order chi connectivity index (χ1) is 11.3. The molecule has 0 saturated carbocycles. The molecule has 0 spiro atoms. The second-order valence-corrected chi connectivity index (χ2v) is 7.36. The molecule has 0 saturated heterocycles. The van der Waals surface area contributed by atoms with Gasteiger partial charge in [-0.3, -0.25) is 9.59 Å². The molecule has 2 rings (SSSR count). The molecule has 0 unspecified atom stereocenters.